The summed E-state index contributed by atoms with van der Waals surface area (Å²) in [6.07, 6.45) is 1.13. The Bertz CT molecular complexity index is 908. The highest BCUT2D eigenvalue weighted by Crippen LogP contribution is 2.23. The number of amides is 1. The fourth-order valence-corrected chi connectivity index (χ4v) is 1.92. The Morgan fingerprint density at radius 3 is 2.40 bits per heavy atom. The molecule has 0 spiro atoms. The maximum Gasteiger partial charge on any atom is 0.270 e. The van der Waals surface area contributed by atoms with Crippen LogP contribution in [-0.2, 0) is 0 Å². The molecule has 0 saturated heterocycles. The monoisotopic (exact) mass is 333 g/mol. The third-order valence-corrected chi connectivity index (χ3v) is 3.10. The van der Waals surface area contributed by atoms with Crippen LogP contribution in [0.5, 0.6) is 0 Å². The van der Waals surface area contributed by atoms with E-state index in [9.17, 15) is 14.9 Å². The topological polar surface area (TPSA) is 132 Å². The first-order valence-corrected chi connectivity index (χ1v) is 6.97. The van der Waals surface area contributed by atoms with Gasteiger partial charge in [0.25, 0.3) is 11.6 Å². The largest absolute Gasteiger partial charge is 0.359 e. The van der Waals surface area contributed by atoms with Crippen LogP contribution in [0.3, 0.4) is 0 Å². The SMILES string of the molecule is N#CC(C#N)=CNc1ccc([N+](=O)[O-])cc1C(=O)Nc1ccccc1. The van der Waals surface area contributed by atoms with Crippen molar-refractivity contribution in [3.05, 3.63) is 76.0 Å². The van der Waals surface area contributed by atoms with E-state index in [-0.39, 0.29) is 22.5 Å². The molecule has 0 aromatic heterocycles. The second-order valence-electron chi connectivity index (χ2n) is 4.73. The van der Waals surface area contributed by atoms with Crippen molar-refractivity contribution in [2.24, 2.45) is 0 Å². The molecule has 2 rings (SSSR count). The summed E-state index contributed by atoms with van der Waals surface area (Å²) in [5.41, 5.74) is 0.295. The third kappa shape index (κ3) is 4.41. The lowest BCUT2D eigenvalue weighted by Gasteiger charge is -2.10. The second-order valence-corrected chi connectivity index (χ2v) is 4.73. The number of nitro groups is 1. The molecule has 2 aromatic carbocycles. The van der Waals surface area contributed by atoms with Gasteiger partial charge in [0.1, 0.15) is 17.7 Å². The summed E-state index contributed by atoms with van der Waals surface area (Å²) in [6.45, 7) is 0. The van der Waals surface area contributed by atoms with E-state index in [1.165, 1.54) is 12.1 Å². The van der Waals surface area contributed by atoms with Crippen molar-refractivity contribution in [3.8, 4) is 12.1 Å². The number of carbonyl (C=O) groups excluding carboxylic acids is 1. The number of nitrogens with one attached hydrogen (secondary N) is 2. The molecule has 122 valence electrons. The van der Waals surface area contributed by atoms with Crippen molar-refractivity contribution in [1.82, 2.24) is 0 Å². The summed E-state index contributed by atoms with van der Waals surface area (Å²) in [4.78, 5) is 22.8. The number of nitrogens with zero attached hydrogens (tertiary/aromatic N) is 3. The van der Waals surface area contributed by atoms with E-state index in [1.54, 1.807) is 42.5 Å². The van der Waals surface area contributed by atoms with Gasteiger partial charge >= 0.3 is 0 Å². The van der Waals surface area contributed by atoms with Gasteiger partial charge in [0, 0.05) is 24.0 Å². The van der Waals surface area contributed by atoms with E-state index in [1.807, 2.05) is 0 Å². The molecule has 0 fully saturated rings. The summed E-state index contributed by atoms with van der Waals surface area (Å²) in [5, 5.41) is 33.7. The molecular weight excluding hydrogens is 322 g/mol. The van der Waals surface area contributed by atoms with Crippen LogP contribution in [0.4, 0.5) is 17.1 Å². The number of non-ortho nitro benzene ring substituents is 1. The molecule has 2 aromatic rings. The minimum atomic E-state index is -0.616. The predicted molar refractivity (Wildman–Crippen MR) is 90.4 cm³/mol. The van der Waals surface area contributed by atoms with E-state index in [2.05, 4.69) is 10.6 Å². The van der Waals surface area contributed by atoms with E-state index in [0.29, 0.717) is 5.69 Å². The average molecular weight is 333 g/mol. The molecule has 8 heteroatoms. The standard InChI is InChI=1S/C17H11N5O3/c18-9-12(10-19)11-20-16-7-6-14(22(24)25)8-15(16)17(23)21-13-4-2-1-3-5-13/h1-8,11,20H,(H,21,23). The van der Waals surface area contributed by atoms with Gasteiger partial charge < -0.3 is 10.6 Å². The van der Waals surface area contributed by atoms with E-state index < -0.39 is 10.8 Å². The molecule has 0 bridgehead atoms. The third-order valence-electron chi connectivity index (χ3n) is 3.10. The van der Waals surface area contributed by atoms with Crippen molar-refractivity contribution in [1.29, 1.82) is 10.5 Å². The highest BCUT2D eigenvalue weighted by atomic mass is 16.6. The number of benzene rings is 2. The lowest BCUT2D eigenvalue weighted by Crippen LogP contribution is -2.14. The van der Waals surface area contributed by atoms with Gasteiger partial charge in [-0.25, -0.2) is 0 Å². The fraction of sp³-hybridized carbons (Fsp3) is 0. The zero-order valence-electron chi connectivity index (χ0n) is 12.8. The first-order chi connectivity index (χ1) is 12.0. The zero-order chi connectivity index (χ0) is 18.2. The highest BCUT2D eigenvalue weighted by molar-refractivity contribution is 6.08. The van der Waals surface area contributed by atoms with Gasteiger partial charge in [0.15, 0.2) is 0 Å². The normalized spacial score (nSPS) is 9.20. The van der Waals surface area contributed by atoms with E-state index in [4.69, 9.17) is 10.5 Å². The van der Waals surface area contributed by atoms with Gasteiger partial charge in [-0.1, -0.05) is 18.2 Å². The summed E-state index contributed by atoms with van der Waals surface area (Å²) in [6, 6.07) is 15.6. The fourth-order valence-electron chi connectivity index (χ4n) is 1.92. The average Bonchev–Trinajstić information content (AvgIpc) is 2.63. The van der Waals surface area contributed by atoms with Crippen LogP contribution in [0, 0.1) is 32.8 Å². The first-order valence-electron chi connectivity index (χ1n) is 6.97. The van der Waals surface area contributed by atoms with E-state index in [0.717, 1.165) is 12.3 Å². The quantitative estimate of drug-likeness (QED) is 0.490. The van der Waals surface area contributed by atoms with Crippen LogP contribution in [0.1, 0.15) is 10.4 Å². The summed E-state index contributed by atoms with van der Waals surface area (Å²) in [5.74, 6) is -0.568. The number of nitriles is 2. The molecule has 0 aliphatic heterocycles. The predicted octanol–water partition coefficient (Wildman–Crippen LogP) is 3.19. The summed E-state index contributed by atoms with van der Waals surface area (Å²) >= 11 is 0. The maximum atomic E-state index is 12.5. The number of para-hydroxylation sites is 1. The number of hydrogen-bond donors (Lipinski definition) is 2. The van der Waals surface area contributed by atoms with Crippen LogP contribution in [-0.4, -0.2) is 10.8 Å². The Kier molecular flexibility index (Phi) is 5.43. The van der Waals surface area contributed by atoms with Gasteiger partial charge in [0.2, 0.25) is 0 Å². The molecule has 0 aliphatic carbocycles. The number of nitro benzene ring substituents is 1. The smallest absolute Gasteiger partial charge is 0.270 e. The first kappa shape index (κ1) is 17.2. The van der Waals surface area contributed by atoms with Crippen molar-refractivity contribution in [2.45, 2.75) is 0 Å². The molecule has 0 saturated carbocycles. The van der Waals surface area contributed by atoms with Crippen LogP contribution >= 0.6 is 0 Å². The van der Waals surface area contributed by atoms with Crippen LogP contribution < -0.4 is 10.6 Å². The van der Waals surface area contributed by atoms with Gasteiger partial charge in [-0.15, -0.1) is 0 Å². The highest BCUT2D eigenvalue weighted by Gasteiger charge is 2.17. The van der Waals surface area contributed by atoms with Gasteiger partial charge in [0.05, 0.1) is 16.2 Å². The Morgan fingerprint density at radius 1 is 1.12 bits per heavy atom. The second kappa shape index (κ2) is 7.90. The molecule has 0 atom stereocenters. The van der Waals surface area contributed by atoms with Crippen LogP contribution in [0.15, 0.2) is 60.3 Å². The molecule has 0 radical (unpaired) electrons. The minimum absolute atomic E-state index is 0.00420. The Hall–Kier alpha value is -4.17. The number of carbonyl (C=O) groups is 1. The van der Waals surface area contributed by atoms with Gasteiger partial charge in [-0.2, -0.15) is 10.5 Å². The van der Waals surface area contributed by atoms with Crippen LogP contribution in [0.2, 0.25) is 0 Å². The molecule has 2 N–H and O–H groups in total. The Morgan fingerprint density at radius 2 is 1.80 bits per heavy atom. The Balaban J connectivity index is 2.38. The zero-order valence-corrected chi connectivity index (χ0v) is 12.8. The molecule has 1 amide bonds. The maximum absolute atomic E-state index is 12.5. The lowest BCUT2D eigenvalue weighted by molar-refractivity contribution is -0.384. The van der Waals surface area contributed by atoms with E-state index >= 15 is 0 Å². The molecule has 0 unspecified atom stereocenters. The number of allylic oxidation sites excluding steroid dienone is 1. The van der Waals surface area contributed by atoms with Crippen molar-refractivity contribution in [3.63, 3.8) is 0 Å². The van der Waals surface area contributed by atoms with Crippen molar-refractivity contribution >= 4 is 23.0 Å². The van der Waals surface area contributed by atoms with Crippen molar-refractivity contribution < 1.29 is 9.72 Å². The molecule has 0 heterocycles. The van der Waals surface area contributed by atoms with Crippen LogP contribution in [0.25, 0.3) is 0 Å². The Labute approximate surface area is 142 Å². The number of anilines is 2. The molecule has 0 aliphatic rings. The van der Waals surface area contributed by atoms with Gasteiger partial charge in [-0.05, 0) is 18.2 Å². The molecule has 25 heavy (non-hydrogen) atoms. The summed E-state index contributed by atoms with van der Waals surface area (Å²) in [7, 11) is 0. The molecular formula is C17H11N5O3. The number of rotatable bonds is 5. The summed E-state index contributed by atoms with van der Waals surface area (Å²) < 4.78 is 0. The van der Waals surface area contributed by atoms with Gasteiger partial charge in [-0.3, -0.25) is 14.9 Å². The molecule has 8 nitrogen and oxygen atoms in total. The number of hydrogen-bond acceptors (Lipinski definition) is 6. The lowest BCUT2D eigenvalue weighted by atomic mass is 10.1. The van der Waals surface area contributed by atoms with Crippen molar-refractivity contribution in [2.75, 3.05) is 10.6 Å². The minimum Gasteiger partial charge on any atom is -0.359 e.